The van der Waals surface area contributed by atoms with Crippen LogP contribution < -0.4 is 5.32 Å². The van der Waals surface area contributed by atoms with E-state index < -0.39 is 0 Å². The van der Waals surface area contributed by atoms with Crippen LogP contribution in [0, 0.1) is 11.8 Å². The fourth-order valence-electron chi connectivity index (χ4n) is 1.42. The van der Waals surface area contributed by atoms with Crippen molar-refractivity contribution in [3.8, 4) is 0 Å². The Morgan fingerprint density at radius 2 is 2.07 bits per heavy atom. The molecular weight excluding hydrogens is 178 g/mol. The van der Waals surface area contributed by atoms with Gasteiger partial charge in [-0.15, -0.1) is 0 Å². The van der Waals surface area contributed by atoms with E-state index >= 15 is 0 Å². The molecule has 1 fully saturated rings. The molecular formula is C11H21NO2. The van der Waals surface area contributed by atoms with E-state index in [-0.39, 0.29) is 11.6 Å². The van der Waals surface area contributed by atoms with E-state index in [1.54, 1.807) is 0 Å². The molecule has 1 N–H and O–H groups in total. The smallest absolute Gasteiger partial charge is 0.320 e. The highest BCUT2D eigenvalue weighted by Crippen LogP contribution is 2.36. The third kappa shape index (κ3) is 4.61. The number of nitrogens with one attached hydrogen (secondary N) is 1. The van der Waals surface area contributed by atoms with Gasteiger partial charge in [0.2, 0.25) is 0 Å². The first-order valence-electron chi connectivity index (χ1n) is 5.31. The largest absolute Gasteiger partial charge is 0.459 e. The van der Waals surface area contributed by atoms with E-state index in [1.165, 1.54) is 6.42 Å². The van der Waals surface area contributed by atoms with Crippen molar-refractivity contribution in [1.29, 1.82) is 0 Å². The van der Waals surface area contributed by atoms with Gasteiger partial charge in [-0.3, -0.25) is 4.79 Å². The summed E-state index contributed by atoms with van der Waals surface area (Å²) in [5.41, 5.74) is -0.369. The predicted octanol–water partition coefficient (Wildman–Crippen LogP) is 1.57. The molecule has 3 nitrogen and oxygen atoms in total. The van der Waals surface area contributed by atoms with Crippen LogP contribution in [-0.4, -0.2) is 24.7 Å². The van der Waals surface area contributed by atoms with Crippen LogP contribution in [0.15, 0.2) is 0 Å². The van der Waals surface area contributed by atoms with Gasteiger partial charge in [-0.1, -0.05) is 6.92 Å². The Hall–Kier alpha value is -0.570. The molecule has 1 saturated carbocycles. The van der Waals surface area contributed by atoms with Crippen molar-refractivity contribution in [2.45, 2.75) is 39.7 Å². The lowest BCUT2D eigenvalue weighted by molar-refractivity contribution is -0.153. The highest BCUT2D eigenvalue weighted by atomic mass is 16.6. The maximum atomic E-state index is 11.3. The fraction of sp³-hybridized carbons (Fsp3) is 0.909. The maximum absolute atomic E-state index is 11.3. The van der Waals surface area contributed by atoms with Gasteiger partial charge in [0.15, 0.2) is 0 Å². The quantitative estimate of drug-likeness (QED) is 0.698. The summed E-state index contributed by atoms with van der Waals surface area (Å²) < 4.78 is 5.17. The van der Waals surface area contributed by atoms with Crippen LogP contribution >= 0.6 is 0 Å². The summed E-state index contributed by atoms with van der Waals surface area (Å²) in [5.74, 6) is 1.45. The molecule has 1 rings (SSSR count). The van der Waals surface area contributed by atoms with E-state index in [0.717, 1.165) is 18.4 Å². The number of carbonyl (C=O) groups is 1. The van der Waals surface area contributed by atoms with Gasteiger partial charge in [-0.25, -0.2) is 0 Å². The Balaban J connectivity index is 2.03. The van der Waals surface area contributed by atoms with Crippen LogP contribution in [0.4, 0.5) is 0 Å². The predicted molar refractivity (Wildman–Crippen MR) is 56.0 cm³/mol. The van der Waals surface area contributed by atoms with Gasteiger partial charge in [0, 0.05) is 0 Å². The molecule has 0 amide bonds. The summed E-state index contributed by atoms with van der Waals surface area (Å²) in [5, 5.41) is 3.13. The lowest BCUT2D eigenvalue weighted by atomic mass is 10.2. The van der Waals surface area contributed by atoms with Crippen molar-refractivity contribution in [2.75, 3.05) is 13.1 Å². The van der Waals surface area contributed by atoms with Gasteiger partial charge < -0.3 is 10.1 Å². The summed E-state index contributed by atoms with van der Waals surface area (Å²) in [6.45, 7) is 9.16. The number of ether oxygens (including phenoxy) is 1. The topological polar surface area (TPSA) is 38.3 Å². The molecule has 0 bridgehead atoms. The Kier molecular flexibility index (Phi) is 3.53. The summed E-state index contributed by atoms with van der Waals surface area (Å²) >= 11 is 0. The van der Waals surface area contributed by atoms with Crippen LogP contribution in [0.1, 0.15) is 34.1 Å². The lowest BCUT2D eigenvalue weighted by Crippen LogP contribution is -2.32. The van der Waals surface area contributed by atoms with Crippen LogP contribution in [-0.2, 0) is 9.53 Å². The molecule has 0 heterocycles. The molecule has 1 aliphatic rings. The molecule has 0 radical (unpaired) electrons. The van der Waals surface area contributed by atoms with Gasteiger partial charge in [-0.2, -0.15) is 0 Å². The van der Waals surface area contributed by atoms with Crippen molar-refractivity contribution in [1.82, 2.24) is 5.32 Å². The molecule has 0 aromatic heterocycles. The molecule has 82 valence electrons. The van der Waals surface area contributed by atoms with Crippen LogP contribution in [0.2, 0.25) is 0 Å². The molecule has 2 atom stereocenters. The molecule has 0 spiro atoms. The normalized spacial score (nSPS) is 26.0. The second-order valence-corrected chi connectivity index (χ2v) is 5.19. The van der Waals surface area contributed by atoms with Gasteiger partial charge >= 0.3 is 5.97 Å². The van der Waals surface area contributed by atoms with E-state index in [2.05, 4.69) is 12.2 Å². The molecule has 0 saturated heterocycles. The third-order valence-corrected chi connectivity index (χ3v) is 2.37. The van der Waals surface area contributed by atoms with Gasteiger partial charge in [0.1, 0.15) is 5.60 Å². The molecule has 14 heavy (non-hydrogen) atoms. The Bertz CT molecular complexity index is 208. The minimum atomic E-state index is -0.369. The van der Waals surface area contributed by atoms with Crippen molar-refractivity contribution >= 4 is 5.97 Å². The SMILES string of the molecule is CC1CC1CNCC(=O)OC(C)(C)C. The first kappa shape index (κ1) is 11.5. The zero-order valence-electron chi connectivity index (χ0n) is 9.59. The van der Waals surface area contributed by atoms with E-state index in [0.29, 0.717) is 6.54 Å². The third-order valence-electron chi connectivity index (χ3n) is 2.37. The number of carbonyl (C=O) groups excluding carboxylic acids is 1. The molecule has 0 aliphatic heterocycles. The van der Waals surface area contributed by atoms with Crippen molar-refractivity contribution in [3.05, 3.63) is 0 Å². The van der Waals surface area contributed by atoms with Crippen molar-refractivity contribution in [2.24, 2.45) is 11.8 Å². The Labute approximate surface area is 86.2 Å². The highest BCUT2D eigenvalue weighted by molar-refractivity contribution is 5.72. The molecule has 3 heteroatoms. The minimum absolute atomic E-state index is 0.161. The zero-order valence-corrected chi connectivity index (χ0v) is 9.59. The highest BCUT2D eigenvalue weighted by Gasteiger charge is 2.31. The van der Waals surface area contributed by atoms with E-state index in [9.17, 15) is 4.79 Å². The van der Waals surface area contributed by atoms with Crippen molar-refractivity contribution < 1.29 is 9.53 Å². The molecule has 2 unspecified atom stereocenters. The van der Waals surface area contributed by atoms with Gasteiger partial charge in [0.05, 0.1) is 6.54 Å². The van der Waals surface area contributed by atoms with Crippen LogP contribution in [0.5, 0.6) is 0 Å². The van der Waals surface area contributed by atoms with E-state index in [1.807, 2.05) is 20.8 Å². The van der Waals surface area contributed by atoms with Gasteiger partial charge in [0.25, 0.3) is 0 Å². The Morgan fingerprint density at radius 1 is 1.50 bits per heavy atom. The average Bonchev–Trinajstić information content (AvgIpc) is 2.62. The summed E-state index contributed by atoms with van der Waals surface area (Å²) in [4.78, 5) is 11.3. The monoisotopic (exact) mass is 199 g/mol. The number of esters is 1. The summed E-state index contributed by atoms with van der Waals surface area (Å²) in [7, 11) is 0. The second kappa shape index (κ2) is 4.30. The second-order valence-electron chi connectivity index (χ2n) is 5.19. The number of hydrogen-bond donors (Lipinski definition) is 1. The molecule has 0 aromatic rings. The van der Waals surface area contributed by atoms with Gasteiger partial charge in [-0.05, 0) is 45.6 Å². The maximum Gasteiger partial charge on any atom is 0.320 e. The van der Waals surface area contributed by atoms with Crippen LogP contribution in [0.3, 0.4) is 0 Å². The lowest BCUT2D eigenvalue weighted by Gasteiger charge is -2.19. The zero-order chi connectivity index (χ0) is 10.8. The minimum Gasteiger partial charge on any atom is -0.459 e. The molecule has 1 aliphatic carbocycles. The average molecular weight is 199 g/mol. The van der Waals surface area contributed by atoms with Crippen LogP contribution in [0.25, 0.3) is 0 Å². The standard InChI is InChI=1S/C11H21NO2/c1-8-5-9(8)6-12-7-10(13)14-11(2,3)4/h8-9,12H,5-7H2,1-4H3. The molecule has 0 aromatic carbocycles. The Morgan fingerprint density at radius 3 is 2.50 bits per heavy atom. The summed E-state index contributed by atoms with van der Waals surface area (Å²) in [6, 6.07) is 0. The van der Waals surface area contributed by atoms with E-state index in [4.69, 9.17) is 4.74 Å². The summed E-state index contributed by atoms with van der Waals surface area (Å²) in [6.07, 6.45) is 1.29. The first-order valence-corrected chi connectivity index (χ1v) is 5.31. The fourth-order valence-corrected chi connectivity index (χ4v) is 1.42. The first-order chi connectivity index (χ1) is 6.38. The number of rotatable bonds is 4. The number of hydrogen-bond acceptors (Lipinski definition) is 3. The van der Waals surface area contributed by atoms with Crippen molar-refractivity contribution in [3.63, 3.8) is 0 Å².